The lowest BCUT2D eigenvalue weighted by atomic mass is 10.1. The zero-order valence-corrected chi connectivity index (χ0v) is 17.7. The van der Waals surface area contributed by atoms with Crippen molar-refractivity contribution in [3.05, 3.63) is 126 Å². The fourth-order valence-electron chi connectivity index (χ4n) is 3.71. The molecule has 0 saturated heterocycles. The van der Waals surface area contributed by atoms with Crippen molar-refractivity contribution in [1.82, 2.24) is 0 Å². The van der Waals surface area contributed by atoms with E-state index in [2.05, 4.69) is 96.8 Å². The molecule has 0 spiro atoms. The quantitative estimate of drug-likeness (QED) is 0.355. The summed E-state index contributed by atoms with van der Waals surface area (Å²) >= 11 is 0. The first kappa shape index (κ1) is 19.9. The number of methoxy groups -OCH3 is 1. The maximum Gasteiger partial charge on any atom is 0.337 e. The van der Waals surface area contributed by atoms with Crippen molar-refractivity contribution in [1.29, 1.82) is 0 Å². The van der Waals surface area contributed by atoms with Gasteiger partial charge in [-0.15, -0.1) is 0 Å². The maximum atomic E-state index is 11.8. The standard InChI is InChI=1S/C27H23O2P/c1-29-27(28)23-19-17-22(18-20-23)21-30(24-11-5-2-6-12-24,25-13-7-3-8-14-25)26-15-9-4-10-16-26/h2-21H,1H3. The highest BCUT2D eigenvalue weighted by Gasteiger charge is 2.24. The minimum Gasteiger partial charge on any atom is -0.465 e. The van der Waals surface area contributed by atoms with Gasteiger partial charge >= 0.3 is 5.97 Å². The van der Waals surface area contributed by atoms with Crippen molar-refractivity contribution < 1.29 is 9.53 Å². The highest BCUT2D eigenvalue weighted by molar-refractivity contribution is 7.94. The molecule has 0 radical (unpaired) electrons. The van der Waals surface area contributed by atoms with E-state index in [1.807, 2.05) is 24.3 Å². The monoisotopic (exact) mass is 410 g/mol. The van der Waals surface area contributed by atoms with Crippen LogP contribution in [0.1, 0.15) is 15.9 Å². The average Bonchev–Trinajstić information content (AvgIpc) is 2.84. The van der Waals surface area contributed by atoms with E-state index in [9.17, 15) is 4.79 Å². The fraction of sp³-hybridized carbons (Fsp3) is 0.0370. The number of carbonyl (C=O) groups excluding carboxylic acids is 1. The number of rotatable bonds is 5. The lowest BCUT2D eigenvalue weighted by Crippen LogP contribution is -2.27. The van der Waals surface area contributed by atoms with Crippen LogP contribution >= 0.6 is 6.89 Å². The lowest BCUT2D eigenvalue weighted by molar-refractivity contribution is 0.0600. The minimum absolute atomic E-state index is 0.322. The Labute approximate surface area is 177 Å². The molecule has 0 saturated carbocycles. The topological polar surface area (TPSA) is 26.3 Å². The van der Waals surface area contributed by atoms with Gasteiger partial charge in [-0.25, -0.2) is 4.79 Å². The summed E-state index contributed by atoms with van der Waals surface area (Å²) in [6, 6.07) is 39.7. The predicted molar refractivity (Wildman–Crippen MR) is 128 cm³/mol. The van der Waals surface area contributed by atoms with Gasteiger partial charge in [0.15, 0.2) is 0 Å². The number of ether oxygens (including phenoxy) is 1. The molecule has 0 unspecified atom stereocenters. The third-order valence-corrected chi connectivity index (χ3v) is 9.19. The van der Waals surface area contributed by atoms with Crippen LogP contribution < -0.4 is 15.9 Å². The van der Waals surface area contributed by atoms with Gasteiger partial charge in [-0.3, -0.25) is 0 Å². The molecular formula is C27H23O2P. The number of carbonyl (C=O) groups is 1. The first-order valence-corrected chi connectivity index (χ1v) is 11.7. The van der Waals surface area contributed by atoms with Crippen molar-refractivity contribution in [2.24, 2.45) is 0 Å². The van der Waals surface area contributed by atoms with Gasteiger partial charge in [0.2, 0.25) is 0 Å². The highest BCUT2D eigenvalue weighted by Crippen LogP contribution is 2.44. The molecule has 2 nitrogen and oxygen atoms in total. The molecule has 0 bridgehead atoms. The summed E-state index contributed by atoms with van der Waals surface area (Å²) in [4.78, 5) is 11.8. The van der Waals surface area contributed by atoms with Crippen molar-refractivity contribution in [3.8, 4) is 0 Å². The van der Waals surface area contributed by atoms with E-state index in [4.69, 9.17) is 4.74 Å². The van der Waals surface area contributed by atoms with Crippen LogP contribution in [0.3, 0.4) is 0 Å². The predicted octanol–water partition coefficient (Wildman–Crippen LogP) is 4.62. The van der Waals surface area contributed by atoms with Gasteiger partial charge in [0.05, 0.1) is 12.7 Å². The third kappa shape index (κ3) is 3.87. The van der Waals surface area contributed by atoms with Crippen LogP contribution in [-0.2, 0) is 4.74 Å². The number of esters is 1. The molecule has 4 rings (SSSR count). The zero-order valence-electron chi connectivity index (χ0n) is 16.8. The van der Waals surface area contributed by atoms with E-state index in [0.29, 0.717) is 5.56 Å². The molecule has 3 heteroatoms. The number of hydrogen-bond acceptors (Lipinski definition) is 2. The van der Waals surface area contributed by atoms with Gasteiger partial charge < -0.3 is 4.74 Å². The molecule has 30 heavy (non-hydrogen) atoms. The van der Waals surface area contributed by atoms with E-state index in [1.54, 1.807) is 0 Å². The Kier molecular flexibility index (Phi) is 5.97. The van der Waals surface area contributed by atoms with Gasteiger partial charge in [-0.05, 0) is 46.3 Å². The Balaban J connectivity index is 2.02. The Morgan fingerprint density at radius 1 is 0.633 bits per heavy atom. The summed E-state index contributed by atoms with van der Waals surface area (Å²) in [5.74, 6) is 2.06. The summed E-state index contributed by atoms with van der Waals surface area (Å²) < 4.78 is 4.84. The molecule has 0 aliphatic rings. The van der Waals surface area contributed by atoms with Crippen LogP contribution in [0.5, 0.6) is 0 Å². The van der Waals surface area contributed by atoms with Crippen molar-refractivity contribution >= 4 is 34.6 Å². The van der Waals surface area contributed by atoms with Gasteiger partial charge in [0.25, 0.3) is 0 Å². The smallest absolute Gasteiger partial charge is 0.337 e. The maximum absolute atomic E-state index is 11.8. The summed E-state index contributed by atoms with van der Waals surface area (Å²) in [5, 5.41) is 3.87. The second-order valence-electron chi connectivity index (χ2n) is 6.97. The van der Waals surface area contributed by atoms with E-state index in [-0.39, 0.29) is 5.97 Å². The molecule has 4 aromatic rings. The second kappa shape index (κ2) is 8.98. The Morgan fingerprint density at radius 3 is 1.40 bits per heavy atom. The Morgan fingerprint density at radius 2 is 1.03 bits per heavy atom. The molecule has 0 fully saturated rings. The van der Waals surface area contributed by atoms with Crippen LogP contribution in [0.25, 0.3) is 0 Å². The number of hydrogen-bond donors (Lipinski definition) is 0. The first-order chi connectivity index (χ1) is 14.7. The van der Waals surface area contributed by atoms with Crippen LogP contribution in [0.15, 0.2) is 115 Å². The van der Waals surface area contributed by atoms with Crippen molar-refractivity contribution in [3.63, 3.8) is 0 Å². The van der Waals surface area contributed by atoms with Crippen LogP contribution in [0.2, 0.25) is 0 Å². The summed E-state index contributed by atoms with van der Waals surface area (Å²) in [6.45, 7) is -2.06. The van der Waals surface area contributed by atoms with Gasteiger partial charge in [-0.2, -0.15) is 0 Å². The largest absolute Gasteiger partial charge is 0.465 e. The third-order valence-electron chi connectivity index (χ3n) is 5.16. The van der Waals surface area contributed by atoms with Crippen LogP contribution in [-0.4, -0.2) is 18.9 Å². The second-order valence-corrected chi connectivity index (χ2v) is 10.2. The molecule has 0 aliphatic carbocycles. The Hall–Kier alpha value is -3.35. The molecule has 0 aliphatic heterocycles. The fourth-order valence-corrected chi connectivity index (χ4v) is 7.60. The van der Waals surface area contributed by atoms with E-state index in [1.165, 1.54) is 23.0 Å². The molecule has 148 valence electrons. The molecule has 4 aromatic carbocycles. The van der Waals surface area contributed by atoms with Crippen LogP contribution in [0.4, 0.5) is 0 Å². The molecule has 0 heterocycles. The molecule has 0 N–H and O–H groups in total. The molecule has 0 amide bonds. The SMILES string of the molecule is COC(=O)c1ccc(C=P(c2ccccc2)(c2ccccc2)c2ccccc2)cc1. The van der Waals surface area contributed by atoms with Gasteiger partial charge in [-0.1, -0.05) is 103 Å². The van der Waals surface area contributed by atoms with Crippen molar-refractivity contribution in [2.75, 3.05) is 7.11 Å². The van der Waals surface area contributed by atoms with Gasteiger partial charge in [0.1, 0.15) is 0 Å². The molecule has 0 atom stereocenters. The average molecular weight is 410 g/mol. The van der Waals surface area contributed by atoms with Crippen LogP contribution in [0, 0.1) is 0 Å². The number of benzene rings is 4. The van der Waals surface area contributed by atoms with Gasteiger partial charge in [0, 0.05) is 0 Å². The summed E-state index contributed by atoms with van der Waals surface area (Å²) in [7, 11) is 1.40. The summed E-state index contributed by atoms with van der Waals surface area (Å²) in [5.41, 5.74) is 1.63. The van der Waals surface area contributed by atoms with E-state index >= 15 is 0 Å². The first-order valence-electron chi connectivity index (χ1n) is 9.84. The summed E-state index contributed by atoms with van der Waals surface area (Å²) in [6.07, 6.45) is 0. The Bertz CT molecular complexity index is 1060. The highest BCUT2D eigenvalue weighted by atomic mass is 31.2. The zero-order chi connectivity index (χ0) is 20.8. The van der Waals surface area contributed by atoms with E-state index < -0.39 is 6.89 Å². The molecule has 0 aromatic heterocycles. The minimum atomic E-state index is -2.06. The normalized spacial score (nSPS) is 11.0. The lowest BCUT2D eigenvalue weighted by Gasteiger charge is -2.29. The van der Waals surface area contributed by atoms with E-state index in [0.717, 1.165) is 5.56 Å². The van der Waals surface area contributed by atoms with Crippen molar-refractivity contribution in [2.45, 2.75) is 0 Å². The molecular weight excluding hydrogens is 387 g/mol.